The van der Waals surface area contributed by atoms with Gasteiger partial charge in [-0.1, -0.05) is 43.3 Å². The van der Waals surface area contributed by atoms with Crippen molar-refractivity contribution in [1.82, 2.24) is 5.32 Å². The van der Waals surface area contributed by atoms with Gasteiger partial charge in [0.05, 0.1) is 13.2 Å². The van der Waals surface area contributed by atoms with Crippen LogP contribution in [0.1, 0.15) is 74.5 Å². The van der Waals surface area contributed by atoms with Crippen molar-refractivity contribution in [2.45, 2.75) is 64.2 Å². The smallest absolute Gasteiger partial charge is 0.186 e. The van der Waals surface area contributed by atoms with E-state index >= 15 is 0 Å². The Bertz CT molecular complexity index is 1040. The third kappa shape index (κ3) is 4.73. The summed E-state index contributed by atoms with van der Waals surface area (Å²) in [4.78, 5) is 11.5. The maximum Gasteiger partial charge on any atom is 0.186 e. The second kappa shape index (κ2) is 10.2. The Labute approximate surface area is 203 Å². The lowest BCUT2D eigenvalue weighted by Gasteiger charge is -2.38. The Morgan fingerprint density at radius 2 is 1.97 bits per heavy atom. The van der Waals surface area contributed by atoms with Gasteiger partial charge in [0.15, 0.2) is 5.88 Å². The predicted octanol–water partition coefficient (Wildman–Crippen LogP) is 6.13. The molecule has 3 aliphatic rings. The molecule has 180 valence electrons. The summed E-state index contributed by atoms with van der Waals surface area (Å²) in [5.41, 5.74) is 5.82. The summed E-state index contributed by atoms with van der Waals surface area (Å²) >= 11 is 0. The number of ketones is 1. The number of benzene rings is 2. The monoisotopic (exact) mass is 459 g/mol. The van der Waals surface area contributed by atoms with Crippen molar-refractivity contribution in [3.63, 3.8) is 0 Å². The van der Waals surface area contributed by atoms with E-state index in [1.807, 2.05) is 19.1 Å². The quantitative estimate of drug-likeness (QED) is 0.435. The molecule has 34 heavy (non-hydrogen) atoms. The first-order valence-electron chi connectivity index (χ1n) is 13.0. The summed E-state index contributed by atoms with van der Waals surface area (Å²) in [7, 11) is 0. The SMILES string of the molecule is CC(=O)[C@@H](C)CCc1cccc(OCCCNC2=C3CCCC4c5ccccc5C(CO2)C34)c1. The molecule has 1 fully saturated rings. The lowest BCUT2D eigenvalue weighted by atomic mass is 9.72. The van der Waals surface area contributed by atoms with Crippen molar-refractivity contribution in [3.8, 4) is 5.75 Å². The summed E-state index contributed by atoms with van der Waals surface area (Å²) < 4.78 is 12.3. The summed E-state index contributed by atoms with van der Waals surface area (Å²) in [5, 5.41) is 3.60. The number of carbonyl (C=O) groups is 1. The Balaban J connectivity index is 1.12. The van der Waals surface area contributed by atoms with Crippen LogP contribution in [0.5, 0.6) is 5.75 Å². The fourth-order valence-corrected chi connectivity index (χ4v) is 6.08. The molecule has 1 saturated carbocycles. The third-order valence-electron chi connectivity index (χ3n) is 8.06. The largest absolute Gasteiger partial charge is 0.494 e. The predicted molar refractivity (Wildman–Crippen MR) is 135 cm³/mol. The number of fused-ring (bicyclic) bond motifs is 3. The lowest BCUT2D eigenvalue weighted by molar-refractivity contribution is -0.120. The van der Waals surface area contributed by atoms with Crippen LogP contribution in [-0.2, 0) is 16.0 Å². The number of carbonyl (C=O) groups excluding carboxylic acids is 1. The minimum atomic E-state index is 0.112. The van der Waals surface area contributed by atoms with Crippen LogP contribution in [0.3, 0.4) is 0 Å². The molecule has 0 spiro atoms. The van der Waals surface area contributed by atoms with Crippen molar-refractivity contribution < 1.29 is 14.3 Å². The van der Waals surface area contributed by atoms with Crippen molar-refractivity contribution in [2.75, 3.05) is 19.8 Å². The molecule has 3 unspecified atom stereocenters. The molecule has 0 bridgehead atoms. The number of nitrogens with one attached hydrogen (secondary N) is 1. The fraction of sp³-hybridized carbons (Fsp3) is 0.500. The fourth-order valence-electron chi connectivity index (χ4n) is 6.08. The summed E-state index contributed by atoms with van der Waals surface area (Å²) in [5.74, 6) is 4.13. The summed E-state index contributed by atoms with van der Waals surface area (Å²) in [6, 6.07) is 17.3. The summed E-state index contributed by atoms with van der Waals surface area (Å²) in [6.45, 7) is 5.98. The average Bonchev–Trinajstić information content (AvgIpc) is 3.19. The molecule has 1 N–H and O–H groups in total. The number of ether oxygens (including phenoxy) is 2. The van der Waals surface area contributed by atoms with Crippen LogP contribution >= 0.6 is 0 Å². The Kier molecular flexibility index (Phi) is 6.94. The number of Topliss-reactive ketones (excluding diaryl/α,β-unsaturated/α-hetero) is 1. The van der Waals surface area contributed by atoms with Gasteiger partial charge in [-0.05, 0) is 85.8 Å². The topological polar surface area (TPSA) is 47.6 Å². The van der Waals surface area contributed by atoms with Crippen molar-refractivity contribution >= 4 is 5.78 Å². The van der Waals surface area contributed by atoms with E-state index in [2.05, 4.69) is 41.7 Å². The van der Waals surface area contributed by atoms with Crippen molar-refractivity contribution in [1.29, 1.82) is 0 Å². The van der Waals surface area contributed by atoms with E-state index in [4.69, 9.17) is 9.47 Å². The van der Waals surface area contributed by atoms with Crippen LogP contribution in [0.4, 0.5) is 0 Å². The third-order valence-corrected chi connectivity index (χ3v) is 8.06. The Morgan fingerprint density at radius 1 is 1.15 bits per heavy atom. The van der Waals surface area contributed by atoms with Crippen LogP contribution in [0.15, 0.2) is 60.0 Å². The van der Waals surface area contributed by atoms with Crippen LogP contribution in [0, 0.1) is 11.8 Å². The van der Waals surface area contributed by atoms with Gasteiger partial charge >= 0.3 is 0 Å². The Hall–Kier alpha value is -2.75. The van der Waals surface area contributed by atoms with Gasteiger partial charge in [-0.3, -0.25) is 4.79 Å². The van der Waals surface area contributed by atoms with Gasteiger partial charge in [0, 0.05) is 24.3 Å². The molecule has 2 aliphatic carbocycles. The summed E-state index contributed by atoms with van der Waals surface area (Å²) in [6.07, 6.45) is 6.41. The molecule has 2 aromatic carbocycles. The van der Waals surface area contributed by atoms with E-state index in [1.165, 1.54) is 29.5 Å². The number of hydrogen-bond acceptors (Lipinski definition) is 4. The van der Waals surface area contributed by atoms with Crippen molar-refractivity contribution in [2.24, 2.45) is 11.8 Å². The number of rotatable bonds is 10. The highest BCUT2D eigenvalue weighted by Crippen LogP contribution is 2.57. The van der Waals surface area contributed by atoms with E-state index < -0.39 is 0 Å². The van der Waals surface area contributed by atoms with E-state index in [0.29, 0.717) is 24.4 Å². The van der Waals surface area contributed by atoms with Gasteiger partial charge in [-0.2, -0.15) is 0 Å². The molecule has 1 aliphatic heterocycles. The molecule has 0 saturated heterocycles. The number of hydrogen-bond donors (Lipinski definition) is 1. The molecule has 4 nitrogen and oxygen atoms in total. The minimum Gasteiger partial charge on any atom is -0.494 e. The van der Waals surface area contributed by atoms with Gasteiger partial charge in [0.2, 0.25) is 0 Å². The second-order valence-corrected chi connectivity index (χ2v) is 10.3. The first-order valence-corrected chi connectivity index (χ1v) is 13.0. The molecule has 2 aromatic rings. The van der Waals surface area contributed by atoms with Crippen molar-refractivity contribution in [3.05, 3.63) is 76.7 Å². The Morgan fingerprint density at radius 3 is 2.79 bits per heavy atom. The first kappa shape index (κ1) is 23.0. The molecule has 1 heterocycles. The standard InChI is InChI=1S/C30H37NO3/c1-20(21(2)32)14-15-22-8-5-9-23(18-22)33-17-7-16-31-30-27-13-6-12-26-24-10-3-4-11-25(24)28(19-34-30)29(26)27/h3-5,8-11,18,20,26,28-29,31H,6-7,12-17,19H2,1-2H3/t20-,26?,28?,29?/m0/s1. The van der Waals surface area contributed by atoms with Gasteiger partial charge in [-0.25, -0.2) is 0 Å². The highest BCUT2D eigenvalue weighted by Gasteiger charge is 2.47. The minimum absolute atomic E-state index is 0.112. The van der Waals surface area contributed by atoms with E-state index in [9.17, 15) is 4.79 Å². The normalized spacial score (nSPS) is 23.5. The van der Waals surface area contributed by atoms with Crippen LogP contribution in [0.2, 0.25) is 0 Å². The molecule has 0 aromatic heterocycles. The zero-order valence-electron chi connectivity index (χ0n) is 20.5. The van der Waals surface area contributed by atoms with E-state index in [1.54, 1.807) is 12.5 Å². The lowest BCUT2D eigenvalue weighted by Crippen LogP contribution is -2.33. The first-order chi connectivity index (χ1) is 16.6. The molecular formula is C30H37NO3. The van der Waals surface area contributed by atoms with E-state index in [0.717, 1.165) is 50.5 Å². The van der Waals surface area contributed by atoms with Gasteiger partial charge in [-0.15, -0.1) is 0 Å². The highest BCUT2D eigenvalue weighted by molar-refractivity contribution is 5.77. The maximum absolute atomic E-state index is 11.5. The molecule has 4 atom stereocenters. The molecule has 4 heteroatoms. The number of allylic oxidation sites excluding steroid dienone is 1. The van der Waals surface area contributed by atoms with Gasteiger partial charge in [0.25, 0.3) is 0 Å². The van der Waals surface area contributed by atoms with Crippen LogP contribution in [0.25, 0.3) is 0 Å². The molecule has 0 amide bonds. The molecule has 5 rings (SSSR count). The van der Waals surface area contributed by atoms with Crippen LogP contribution < -0.4 is 10.1 Å². The highest BCUT2D eigenvalue weighted by atomic mass is 16.5. The van der Waals surface area contributed by atoms with Gasteiger partial charge in [0.1, 0.15) is 11.5 Å². The second-order valence-electron chi connectivity index (χ2n) is 10.3. The zero-order chi connectivity index (χ0) is 23.5. The number of aryl methyl sites for hydroxylation is 1. The zero-order valence-corrected chi connectivity index (χ0v) is 20.5. The van der Waals surface area contributed by atoms with E-state index in [-0.39, 0.29) is 11.7 Å². The molecular weight excluding hydrogens is 422 g/mol. The van der Waals surface area contributed by atoms with Gasteiger partial charge < -0.3 is 14.8 Å². The molecule has 0 radical (unpaired) electrons. The maximum atomic E-state index is 11.5. The van der Waals surface area contributed by atoms with Crippen LogP contribution in [-0.4, -0.2) is 25.5 Å². The average molecular weight is 460 g/mol.